The van der Waals surface area contributed by atoms with E-state index in [0.717, 1.165) is 18.8 Å². The molecular weight excluding hydrogens is 236 g/mol. The summed E-state index contributed by atoms with van der Waals surface area (Å²) in [5.74, 6) is 0.963. The molecule has 1 unspecified atom stereocenters. The molecule has 0 amide bonds. The van der Waals surface area contributed by atoms with E-state index in [1.165, 1.54) is 24.9 Å². The van der Waals surface area contributed by atoms with Crippen LogP contribution in [0.1, 0.15) is 32.3 Å². The molecule has 0 aromatic heterocycles. The van der Waals surface area contributed by atoms with Gasteiger partial charge in [-0.05, 0) is 58.0 Å². The molecule has 1 aromatic carbocycles. The highest BCUT2D eigenvalue weighted by atomic mass is 16.5. The standard InChI is InChI=1S/C16H26N2O/c1-13(2)19-16-8-6-14(7-9-16)11-18-10-4-5-15(12-18)17-3/h6-9,13,15,17H,4-5,10-12H2,1-3H3. The summed E-state index contributed by atoms with van der Waals surface area (Å²) < 4.78 is 5.67. The van der Waals surface area contributed by atoms with Crippen LogP contribution in [0.15, 0.2) is 24.3 Å². The Hall–Kier alpha value is -1.06. The molecule has 2 rings (SSSR count). The number of nitrogens with zero attached hydrogens (tertiary/aromatic N) is 1. The van der Waals surface area contributed by atoms with Crippen molar-refractivity contribution < 1.29 is 4.74 Å². The van der Waals surface area contributed by atoms with Crippen LogP contribution in [0.2, 0.25) is 0 Å². The zero-order valence-corrected chi connectivity index (χ0v) is 12.4. The normalized spacial score (nSPS) is 20.7. The van der Waals surface area contributed by atoms with Gasteiger partial charge in [-0.3, -0.25) is 4.90 Å². The Kier molecular flexibility index (Phi) is 5.23. The van der Waals surface area contributed by atoms with Gasteiger partial charge in [0.2, 0.25) is 0 Å². The molecule has 19 heavy (non-hydrogen) atoms. The summed E-state index contributed by atoms with van der Waals surface area (Å²) in [5, 5.41) is 3.39. The molecule has 1 N–H and O–H groups in total. The van der Waals surface area contributed by atoms with E-state index in [2.05, 4.69) is 55.4 Å². The highest BCUT2D eigenvalue weighted by Crippen LogP contribution is 2.17. The Morgan fingerprint density at radius 3 is 2.68 bits per heavy atom. The van der Waals surface area contributed by atoms with Crippen LogP contribution in [0.5, 0.6) is 5.75 Å². The lowest BCUT2D eigenvalue weighted by molar-refractivity contribution is 0.188. The van der Waals surface area contributed by atoms with Crippen LogP contribution in [-0.4, -0.2) is 37.2 Å². The van der Waals surface area contributed by atoms with Gasteiger partial charge in [0, 0.05) is 19.1 Å². The van der Waals surface area contributed by atoms with Crippen LogP contribution in [-0.2, 0) is 6.54 Å². The van der Waals surface area contributed by atoms with E-state index in [1.807, 2.05) is 0 Å². The Balaban J connectivity index is 1.88. The van der Waals surface area contributed by atoms with Crippen LogP contribution in [0, 0.1) is 0 Å². The first-order valence-corrected chi connectivity index (χ1v) is 7.32. The minimum Gasteiger partial charge on any atom is -0.491 e. The number of benzene rings is 1. The predicted molar refractivity (Wildman–Crippen MR) is 79.6 cm³/mol. The zero-order chi connectivity index (χ0) is 13.7. The minimum atomic E-state index is 0.240. The van der Waals surface area contributed by atoms with Gasteiger partial charge in [-0.25, -0.2) is 0 Å². The third-order valence-electron chi connectivity index (χ3n) is 3.62. The van der Waals surface area contributed by atoms with Gasteiger partial charge < -0.3 is 10.1 Å². The van der Waals surface area contributed by atoms with Crippen molar-refractivity contribution >= 4 is 0 Å². The van der Waals surface area contributed by atoms with E-state index < -0.39 is 0 Å². The minimum absolute atomic E-state index is 0.240. The molecule has 1 aliphatic rings. The van der Waals surface area contributed by atoms with Gasteiger partial charge in [0.1, 0.15) is 5.75 Å². The van der Waals surface area contributed by atoms with E-state index in [4.69, 9.17) is 4.74 Å². The summed E-state index contributed by atoms with van der Waals surface area (Å²) in [4.78, 5) is 2.53. The Morgan fingerprint density at radius 2 is 2.05 bits per heavy atom. The predicted octanol–water partition coefficient (Wildman–Crippen LogP) is 2.66. The van der Waals surface area contributed by atoms with Gasteiger partial charge in [-0.2, -0.15) is 0 Å². The topological polar surface area (TPSA) is 24.5 Å². The molecule has 3 nitrogen and oxygen atoms in total. The van der Waals surface area contributed by atoms with Crippen molar-refractivity contribution in [1.29, 1.82) is 0 Å². The zero-order valence-electron chi connectivity index (χ0n) is 12.4. The molecule has 0 spiro atoms. The Labute approximate surface area is 116 Å². The average Bonchev–Trinajstić information content (AvgIpc) is 2.41. The summed E-state index contributed by atoms with van der Waals surface area (Å²) >= 11 is 0. The summed E-state index contributed by atoms with van der Waals surface area (Å²) in [6, 6.07) is 9.17. The average molecular weight is 262 g/mol. The van der Waals surface area contributed by atoms with E-state index >= 15 is 0 Å². The van der Waals surface area contributed by atoms with Crippen molar-refractivity contribution in [3.05, 3.63) is 29.8 Å². The number of rotatable bonds is 5. The molecule has 3 heteroatoms. The maximum absolute atomic E-state index is 5.67. The number of ether oxygens (including phenoxy) is 1. The van der Waals surface area contributed by atoms with Crippen molar-refractivity contribution in [3.8, 4) is 5.75 Å². The largest absolute Gasteiger partial charge is 0.491 e. The molecule has 0 aliphatic carbocycles. The highest BCUT2D eigenvalue weighted by Gasteiger charge is 2.18. The van der Waals surface area contributed by atoms with Crippen molar-refractivity contribution in [2.45, 2.75) is 45.4 Å². The van der Waals surface area contributed by atoms with Crippen molar-refractivity contribution in [3.63, 3.8) is 0 Å². The molecule has 1 atom stereocenters. The molecule has 1 fully saturated rings. The Morgan fingerprint density at radius 1 is 1.32 bits per heavy atom. The quantitative estimate of drug-likeness (QED) is 0.883. The molecule has 0 radical (unpaired) electrons. The van der Waals surface area contributed by atoms with Crippen molar-refractivity contribution in [2.24, 2.45) is 0 Å². The molecular formula is C16H26N2O. The summed E-state index contributed by atoms with van der Waals surface area (Å²) in [6.45, 7) is 7.52. The highest BCUT2D eigenvalue weighted by molar-refractivity contribution is 5.27. The van der Waals surface area contributed by atoms with Gasteiger partial charge in [-0.1, -0.05) is 12.1 Å². The van der Waals surface area contributed by atoms with Crippen LogP contribution < -0.4 is 10.1 Å². The van der Waals surface area contributed by atoms with E-state index in [9.17, 15) is 0 Å². The molecule has 106 valence electrons. The number of hydrogen-bond acceptors (Lipinski definition) is 3. The third-order valence-corrected chi connectivity index (χ3v) is 3.62. The lowest BCUT2D eigenvalue weighted by atomic mass is 10.1. The fourth-order valence-electron chi connectivity index (χ4n) is 2.64. The fraction of sp³-hybridized carbons (Fsp3) is 0.625. The first kappa shape index (κ1) is 14.4. The second-order valence-corrected chi connectivity index (χ2v) is 5.67. The van der Waals surface area contributed by atoms with Gasteiger partial charge >= 0.3 is 0 Å². The van der Waals surface area contributed by atoms with Gasteiger partial charge in [0.05, 0.1) is 6.10 Å². The van der Waals surface area contributed by atoms with Crippen LogP contribution >= 0.6 is 0 Å². The summed E-state index contributed by atoms with van der Waals surface area (Å²) in [7, 11) is 2.06. The smallest absolute Gasteiger partial charge is 0.119 e. The molecule has 1 heterocycles. The Bertz CT molecular complexity index is 375. The van der Waals surface area contributed by atoms with E-state index in [1.54, 1.807) is 0 Å². The van der Waals surface area contributed by atoms with Gasteiger partial charge in [0.15, 0.2) is 0 Å². The van der Waals surface area contributed by atoms with Crippen LogP contribution in [0.25, 0.3) is 0 Å². The third kappa shape index (κ3) is 4.51. The van der Waals surface area contributed by atoms with E-state index in [0.29, 0.717) is 6.04 Å². The fourth-order valence-corrected chi connectivity index (χ4v) is 2.64. The number of hydrogen-bond donors (Lipinski definition) is 1. The number of piperidine rings is 1. The van der Waals surface area contributed by atoms with Crippen molar-refractivity contribution in [1.82, 2.24) is 10.2 Å². The maximum Gasteiger partial charge on any atom is 0.119 e. The maximum atomic E-state index is 5.67. The first-order chi connectivity index (χ1) is 9.17. The lowest BCUT2D eigenvalue weighted by Crippen LogP contribution is -2.43. The second-order valence-electron chi connectivity index (χ2n) is 5.67. The molecule has 1 aromatic rings. The van der Waals surface area contributed by atoms with E-state index in [-0.39, 0.29) is 6.10 Å². The second kappa shape index (κ2) is 6.92. The SMILES string of the molecule is CNC1CCCN(Cc2ccc(OC(C)C)cc2)C1. The van der Waals surface area contributed by atoms with Gasteiger partial charge in [-0.15, -0.1) is 0 Å². The molecule has 1 aliphatic heterocycles. The van der Waals surface area contributed by atoms with Gasteiger partial charge in [0.25, 0.3) is 0 Å². The number of nitrogens with one attached hydrogen (secondary N) is 1. The lowest BCUT2D eigenvalue weighted by Gasteiger charge is -2.32. The molecule has 1 saturated heterocycles. The van der Waals surface area contributed by atoms with Crippen LogP contribution in [0.3, 0.4) is 0 Å². The number of likely N-dealkylation sites (N-methyl/N-ethyl adjacent to an activating group) is 1. The molecule has 0 saturated carbocycles. The van der Waals surface area contributed by atoms with Crippen LogP contribution in [0.4, 0.5) is 0 Å². The monoisotopic (exact) mass is 262 g/mol. The molecule has 0 bridgehead atoms. The van der Waals surface area contributed by atoms with Crippen molar-refractivity contribution in [2.75, 3.05) is 20.1 Å². The summed E-state index contributed by atoms with van der Waals surface area (Å²) in [6.07, 6.45) is 2.83. The summed E-state index contributed by atoms with van der Waals surface area (Å²) in [5.41, 5.74) is 1.37. The number of likely N-dealkylation sites (tertiary alicyclic amines) is 1. The first-order valence-electron chi connectivity index (χ1n) is 7.32.